The van der Waals surface area contributed by atoms with Crippen molar-refractivity contribution in [3.63, 3.8) is 0 Å². The van der Waals surface area contributed by atoms with Crippen LogP contribution >= 0.6 is 11.3 Å². The predicted molar refractivity (Wildman–Crippen MR) is 101 cm³/mol. The molecule has 3 nitrogen and oxygen atoms in total. The smallest absolute Gasteiger partial charge is 0.172 e. The molecule has 1 heterocycles. The molecule has 0 bridgehead atoms. The molecule has 0 aliphatic rings. The van der Waals surface area contributed by atoms with E-state index in [0.717, 1.165) is 41.9 Å². The number of ketones is 1. The SMILES string of the molecule is CCC(N)(CO)CCc1ccc(C(=O)CCCc2ccccc2)s1. The minimum Gasteiger partial charge on any atom is -0.394 e. The van der Waals surface area contributed by atoms with Crippen LogP contribution in [0.5, 0.6) is 0 Å². The van der Waals surface area contributed by atoms with Crippen LogP contribution in [0.15, 0.2) is 42.5 Å². The molecule has 0 saturated heterocycles. The van der Waals surface area contributed by atoms with Gasteiger partial charge in [-0.25, -0.2) is 0 Å². The molecule has 1 atom stereocenters. The van der Waals surface area contributed by atoms with E-state index in [1.165, 1.54) is 5.56 Å². The van der Waals surface area contributed by atoms with Crippen molar-refractivity contribution in [3.05, 3.63) is 57.8 Å². The minimum atomic E-state index is -0.510. The first-order valence-electron chi connectivity index (χ1n) is 8.62. The number of Topliss-reactive ketones (excluding diaryl/α,β-unsaturated/α-hetero) is 1. The number of aliphatic hydroxyl groups is 1. The summed E-state index contributed by atoms with van der Waals surface area (Å²) < 4.78 is 0. The Hall–Kier alpha value is -1.49. The van der Waals surface area contributed by atoms with E-state index in [1.807, 2.05) is 37.3 Å². The third kappa shape index (κ3) is 5.55. The monoisotopic (exact) mass is 345 g/mol. The van der Waals surface area contributed by atoms with Crippen molar-refractivity contribution >= 4 is 17.1 Å². The number of hydrogen-bond donors (Lipinski definition) is 2. The van der Waals surface area contributed by atoms with Gasteiger partial charge in [-0.05, 0) is 49.8 Å². The third-order valence-electron chi connectivity index (χ3n) is 4.54. The Labute approximate surface area is 148 Å². The summed E-state index contributed by atoms with van der Waals surface area (Å²) in [5, 5.41) is 9.37. The number of carbonyl (C=O) groups excluding carboxylic acids is 1. The predicted octanol–water partition coefficient (Wildman–Crippen LogP) is 3.99. The molecule has 2 aromatic rings. The van der Waals surface area contributed by atoms with Crippen molar-refractivity contribution < 1.29 is 9.90 Å². The first-order valence-corrected chi connectivity index (χ1v) is 9.43. The number of aryl methyl sites for hydroxylation is 2. The van der Waals surface area contributed by atoms with Crippen LogP contribution in [0.1, 0.15) is 52.7 Å². The summed E-state index contributed by atoms with van der Waals surface area (Å²) >= 11 is 1.56. The van der Waals surface area contributed by atoms with Crippen molar-refractivity contribution in [2.75, 3.05) is 6.61 Å². The first-order chi connectivity index (χ1) is 11.6. The van der Waals surface area contributed by atoms with Crippen LogP contribution in [0.3, 0.4) is 0 Å². The van der Waals surface area contributed by atoms with E-state index in [0.29, 0.717) is 6.42 Å². The maximum absolute atomic E-state index is 12.3. The van der Waals surface area contributed by atoms with Gasteiger partial charge < -0.3 is 10.8 Å². The number of nitrogens with two attached hydrogens (primary N) is 1. The molecule has 1 aromatic carbocycles. The van der Waals surface area contributed by atoms with Gasteiger partial charge in [-0.3, -0.25) is 4.79 Å². The molecule has 1 aromatic heterocycles. The van der Waals surface area contributed by atoms with Crippen molar-refractivity contribution in [2.24, 2.45) is 5.73 Å². The fourth-order valence-electron chi connectivity index (χ4n) is 2.62. The topological polar surface area (TPSA) is 63.3 Å². The Morgan fingerprint density at radius 3 is 2.58 bits per heavy atom. The van der Waals surface area contributed by atoms with Crippen LogP contribution in [-0.4, -0.2) is 23.0 Å². The van der Waals surface area contributed by atoms with Crippen LogP contribution in [0, 0.1) is 0 Å². The van der Waals surface area contributed by atoms with Crippen molar-refractivity contribution in [1.29, 1.82) is 0 Å². The lowest BCUT2D eigenvalue weighted by molar-refractivity contribution is 0.0984. The van der Waals surface area contributed by atoms with E-state index in [9.17, 15) is 9.90 Å². The minimum absolute atomic E-state index is 0.000148. The van der Waals surface area contributed by atoms with Crippen LogP contribution in [-0.2, 0) is 12.8 Å². The normalized spacial score (nSPS) is 13.6. The molecule has 0 amide bonds. The number of carbonyl (C=O) groups is 1. The van der Waals surface area contributed by atoms with Gasteiger partial charge in [0, 0.05) is 16.8 Å². The average molecular weight is 346 g/mol. The molecule has 0 radical (unpaired) electrons. The van der Waals surface area contributed by atoms with Crippen molar-refractivity contribution in [1.82, 2.24) is 0 Å². The van der Waals surface area contributed by atoms with Crippen molar-refractivity contribution in [3.8, 4) is 0 Å². The summed E-state index contributed by atoms with van der Waals surface area (Å²) in [5.74, 6) is 0.221. The highest BCUT2D eigenvalue weighted by atomic mass is 32.1. The lowest BCUT2D eigenvalue weighted by atomic mass is 9.92. The maximum atomic E-state index is 12.3. The zero-order valence-corrected chi connectivity index (χ0v) is 15.1. The standard InChI is InChI=1S/C20H27NO2S/c1-2-20(21,15-22)14-13-17-11-12-19(24-17)18(23)10-6-9-16-7-4-3-5-8-16/h3-5,7-8,11-12,22H,2,6,9-10,13-15,21H2,1H3. The molecule has 2 rings (SSSR count). The molecule has 3 N–H and O–H groups in total. The Bertz CT molecular complexity index is 632. The van der Waals surface area contributed by atoms with Crippen LogP contribution in [0.4, 0.5) is 0 Å². The van der Waals surface area contributed by atoms with Gasteiger partial charge in [0.25, 0.3) is 0 Å². The molecular weight excluding hydrogens is 318 g/mol. The molecule has 0 spiro atoms. The zero-order chi connectivity index (χ0) is 17.4. The van der Waals surface area contributed by atoms with E-state index < -0.39 is 5.54 Å². The third-order valence-corrected chi connectivity index (χ3v) is 5.72. The highest BCUT2D eigenvalue weighted by Gasteiger charge is 2.21. The van der Waals surface area contributed by atoms with E-state index >= 15 is 0 Å². The summed E-state index contributed by atoms with van der Waals surface area (Å²) in [7, 11) is 0. The largest absolute Gasteiger partial charge is 0.394 e. The second-order valence-corrected chi connectivity index (χ2v) is 7.57. The van der Waals surface area contributed by atoms with Gasteiger partial charge in [0.15, 0.2) is 5.78 Å². The number of aliphatic hydroxyl groups excluding tert-OH is 1. The van der Waals surface area contributed by atoms with Gasteiger partial charge in [0.2, 0.25) is 0 Å². The molecule has 0 aliphatic carbocycles. The van der Waals surface area contributed by atoms with E-state index in [1.54, 1.807) is 11.3 Å². The van der Waals surface area contributed by atoms with Gasteiger partial charge in [-0.1, -0.05) is 37.3 Å². The lowest BCUT2D eigenvalue weighted by Crippen LogP contribution is -2.43. The molecular formula is C20H27NO2S. The van der Waals surface area contributed by atoms with Crippen molar-refractivity contribution in [2.45, 2.75) is 51.0 Å². The van der Waals surface area contributed by atoms with Gasteiger partial charge in [-0.2, -0.15) is 0 Å². The summed E-state index contributed by atoms with van der Waals surface area (Å²) in [6.45, 7) is 1.99. The molecule has 1 unspecified atom stereocenters. The van der Waals surface area contributed by atoms with E-state index in [2.05, 4.69) is 12.1 Å². The average Bonchev–Trinajstić information content (AvgIpc) is 3.10. The molecule has 0 fully saturated rings. The summed E-state index contributed by atoms with van der Waals surface area (Å²) in [5.41, 5.74) is 6.89. The molecule has 0 aliphatic heterocycles. The molecule has 24 heavy (non-hydrogen) atoms. The second kappa shape index (κ2) is 9.11. The quantitative estimate of drug-likeness (QED) is 0.640. The molecule has 4 heteroatoms. The van der Waals surface area contributed by atoms with Crippen LogP contribution < -0.4 is 5.73 Å². The van der Waals surface area contributed by atoms with Gasteiger partial charge in [0.1, 0.15) is 0 Å². The molecule has 130 valence electrons. The summed E-state index contributed by atoms with van der Waals surface area (Å²) in [6.07, 6.45) is 4.70. The van der Waals surface area contributed by atoms with Crippen LogP contribution in [0.2, 0.25) is 0 Å². The maximum Gasteiger partial charge on any atom is 0.172 e. The number of thiophene rings is 1. The summed E-state index contributed by atoms with van der Waals surface area (Å²) in [4.78, 5) is 14.3. The van der Waals surface area contributed by atoms with Gasteiger partial charge >= 0.3 is 0 Å². The van der Waals surface area contributed by atoms with Gasteiger partial charge in [-0.15, -0.1) is 11.3 Å². The van der Waals surface area contributed by atoms with E-state index in [4.69, 9.17) is 5.73 Å². The first kappa shape index (κ1) is 18.8. The van der Waals surface area contributed by atoms with Crippen LogP contribution in [0.25, 0.3) is 0 Å². The number of rotatable bonds is 10. The Morgan fingerprint density at radius 2 is 1.92 bits per heavy atom. The molecule has 0 saturated carbocycles. The fourth-order valence-corrected chi connectivity index (χ4v) is 3.60. The number of benzene rings is 1. The zero-order valence-electron chi connectivity index (χ0n) is 14.3. The highest BCUT2D eigenvalue weighted by molar-refractivity contribution is 7.14. The second-order valence-electron chi connectivity index (χ2n) is 6.40. The van der Waals surface area contributed by atoms with Gasteiger partial charge in [0.05, 0.1) is 11.5 Å². The highest BCUT2D eigenvalue weighted by Crippen LogP contribution is 2.23. The lowest BCUT2D eigenvalue weighted by Gasteiger charge is -2.25. The Kier molecular flexibility index (Phi) is 7.16. The number of hydrogen-bond acceptors (Lipinski definition) is 4. The fraction of sp³-hybridized carbons (Fsp3) is 0.450. The Balaban J connectivity index is 1.80. The van der Waals surface area contributed by atoms with E-state index in [-0.39, 0.29) is 12.4 Å². The Morgan fingerprint density at radius 1 is 1.17 bits per heavy atom. The summed E-state index contributed by atoms with van der Waals surface area (Å²) in [6, 6.07) is 14.2.